The number of nitrogens with one attached hydrogen (secondary N) is 2. The number of carbonyl (C=O) groups is 2. The van der Waals surface area contributed by atoms with E-state index in [1.54, 1.807) is 6.07 Å². The summed E-state index contributed by atoms with van der Waals surface area (Å²) in [4.78, 5) is 23.7. The molecule has 0 spiro atoms. The van der Waals surface area contributed by atoms with Gasteiger partial charge in [-0.2, -0.15) is 5.26 Å². The summed E-state index contributed by atoms with van der Waals surface area (Å²) >= 11 is 0. The summed E-state index contributed by atoms with van der Waals surface area (Å²) < 4.78 is 4.97. The molecule has 1 atom stereocenters. The molecule has 1 aromatic rings. The molecular formula is C13H17N3O3. The molecule has 1 aromatic heterocycles. The Balaban J connectivity index is 2.66. The fourth-order valence-corrected chi connectivity index (χ4v) is 1.59. The van der Waals surface area contributed by atoms with Gasteiger partial charge in [-0.25, -0.2) is 0 Å². The highest BCUT2D eigenvalue weighted by Crippen LogP contribution is 2.07. The van der Waals surface area contributed by atoms with Crippen molar-refractivity contribution in [3.8, 4) is 6.07 Å². The highest BCUT2D eigenvalue weighted by Gasteiger charge is 2.23. The van der Waals surface area contributed by atoms with Gasteiger partial charge in [0.05, 0.1) is 12.3 Å². The zero-order valence-electron chi connectivity index (χ0n) is 11.0. The minimum absolute atomic E-state index is 0.0793. The molecule has 0 saturated carbocycles. The monoisotopic (exact) mass is 263 g/mol. The maximum atomic E-state index is 11.8. The molecule has 1 heterocycles. The normalized spacial score (nSPS) is 11.7. The molecule has 2 N–H and O–H groups in total. The van der Waals surface area contributed by atoms with E-state index in [1.165, 1.54) is 12.3 Å². The lowest BCUT2D eigenvalue weighted by Crippen LogP contribution is -2.47. The first-order valence-electron chi connectivity index (χ1n) is 6.03. The van der Waals surface area contributed by atoms with Crippen molar-refractivity contribution in [2.45, 2.75) is 26.3 Å². The molecule has 0 saturated heterocycles. The van der Waals surface area contributed by atoms with Crippen LogP contribution in [0.1, 0.15) is 30.8 Å². The first-order valence-corrected chi connectivity index (χ1v) is 6.03. The summed E-state index contributed by atoms with van der Waals surface area (Å²) in [5, 5.41) is 13.5. The van der Waals surface area contributed by atoms with Crippen molar-refractivity contribution >= 4 is 11.8 Å². The van der Waals surface area contributed by atoms with Gasteiger partial charge in [-0.05, 0) is 24.5 Å². The van der Waals surface area contributed by atoms with Crippen LogP contribution >= 0.6 is 0 Å². The third-order valence-corrected chi connectivity index (χ3v) is 2.42. The van der Waals surface area contributed by atoms with Crippen molar-refractivity contribution < 1.29 is 14.0 Å². The van der Waals surface area contributed by atoms with Gasteiger partial charge in [0.15, 0.2) is 5.76 Å². The third kappa shape index (κ3) is 4.84. The van der Waals surface area contributed by atoms with Crippen LogP contribution in [0.2, 0.25) is 0 Å². The van der Waals surface area contributed by atoms with E-state index >= 15 is 0 Å². The number of carbonyl (C=O) groups excluding carboxylic acids is 2. The van der Waals surface area contributed by atoms with E-state index < -0.39 is 11.9 Å². The number of hydrogen-bond donors (Lipinski definition) is 2. The van der Waals surface area contributed by atoms with Gasteiger partial charge in [-0.3, -0.25) is 9.59 Å². The molecule has 0 aliphatic carbocycles. The molecule has 6 nitrogen and oxygen atoms in total. The van der Waals surface area contributed by atoms with E-state index in [9.17, 15) is 9.59 Å². The van der Waals surface area contributed by atoms with Crippen molar-refractivity contribution in [1.29, 1.82) is 5.26 Å². The summed E-state index contributed by atoms with van der Waals surface area (Å²) in [5.74, 6) is -0.422. The highest BCUT2D eigenvalue weighted by molar-refractivity contribution is 5.95. The standard InChI is InChI=1S/C13H17N3O3/c1-9(2)8-10(12(17)15-6-5-14)16-13(18)11-4-3-7-19-11/h3-4,7,9-10H,6,8H2,1-2H3,(H,15,17)(H,16,18)/t10-/m0/s1. The van der Waals surface area contributed by atoms with Crippen LogP contribution in [-0.4, -0.2) is 24.4 Å². The Morgan fingerprint density at radius 1 is 1.47 bits per heavy atom. The smallest absolute Gasteiger partial charge is 0.287 e. The van der Waals surface area contributed by atoms with Crippen LogP contribution in [0.3, 0.4) is 0 Å². The Kier molecular flexibility index (Phi) is 5.61. The Hall–Kier alpha value is -2.29. The maximum Gasteiger partial charge on any atom is 0.287 e. The molecule has 0 bridgehead atoms. The van der Waals surface area contributed by atoms with Crippen LogP contribution in [0, 0.1) is 17.2 Å². The van der Waals surface area contributed by atoms with Gasteiger partial charge < -0.3 is 15.1 Å². The fraction of sp³-hybridized carbons (Fsp3) is 0.462. The average molecular weight is 263 g/mol. The molecule has 6 heteroatoms. The Morgan fingerprint density at radius 3 is 2.74 bits per heavy atom. The molecule has 19 heavy (non-hydrogen) atoms. The van der Waals surface area contributed by atoms with Crippen molar-refractivity contribution in [3.63, 3.8) is 0 Å². The van der Waals surface area contributed by atoms with E-state index in [0.29, 0.717) is 6.42 Å². The van der Waals surface area contributed by atoms with E-state index in [-0.39, 0.29) is 24.1 Å². The number of nitriles is 1. The summed E-state index contributed by atoms with van der Waals surface area (Å²) in [6, 6.07) is 4.27. The van der Waals surface area contributed by atoms with E-state index in [1.807, 2.05) is 19.9 Å². The number of rotatable bonds is 6. The highest BCUT2D eigenvalue weighted by atomic mass is 16.3. The van der Waals surface area contributed by atoms with Gasteiger partial charge in [0.1, 0.15) is 12.6 Å². The molecule has 0 radical (unpaired) electrons. The number of amides is 2. The second kappa shape index (κ2) is 7.21. The van der Waals surface area contributed by atoms with Crippen LogP contribution in [0.15, 0.2) is 22.8 Å². The minimum Gasteiger partial charge on any atom is -0.459 e. The average Bonchev–Trinajstić information content (AvgIpc) is 2.88. The van der Waals surface area contributed by atoms with Crippen molar-refractivity contribution in [1.82, 2.24) is 10.6 Å². The summed E-state index contributed by atoms with van der Waals surface area (Å²) in [7, 11) is 0. The number of nitrogens with zero attached hydrogens (tertiary/aromatic N) is 1. The topological polar surface area (TPSA) is 95.1 Å². The predicted octanol–water partition coefficient (Wildman–Crippen LogP) is 1.06. The maximum absolute atomic E-state index is 11.8. The van der Waals surface area contributed by atoms with E-state index in [4.69, 9.17) is 9.68 Å². The van der Waals surface area contributed by atoms with Gasteiger partial charge in [0.2, 0.25) is 5.91 Å². The summed E-state index contributed by atoms with van der Waals surface area (Å²) in [6.45, 7) is 3.82. The first kappa shape index (κ1) is 14.8. The van der Waals surface area contributed by atoms with E-state index in [0.717, 1.165) is 0 Å². The summed E-state index contributed by atoms with van der Waals surface area (Å²) in [6.07, 6.45) is 1.88. The summed E-state index contributed by atoms with van der Waals surface area (Å²) in [5.41, 5.74) is 0. The van der Waals surface area contributed by atoms with Crippen molar-refractivity contribution in [2.24, 2.45) is 5.92 Å². The zero-order valence-corrected chi connectivity index (χ0v) is 11.0. The lowest BCUT2D eigenvalue weighted by molar-refractivity contribution is -0.123. The molecule has 0 unspecified atom stereocenters. The molecule has 0 aromatic carbocycles. The molecule has 0 aliphatic heterocycles. The Bertz CT molecular complexity index is 460. The second-order valence-electron chi connectivity index (χ2n) is 4.51. The Labute approximate surface area is 111 Å². The lowest BCUT2D eigenvalue weighted by Gasteiger charge is -2.18. The molecule has 0 aliphatic rings. The number of furan rings is 1. The van der Waals surface area contributed by atoms with Gasteiger partial charge in [-0.1, -0.05) is 13.8 Å². The number of hydrogen-bond acceptors (Lipinski definition) is 4. The lowest BCUT2D eigenvalue weighted by atomic mass is 10.0. The van der Waals surface area contributed by atoms with Crippen LogP contribution < -0.4 is 10.6 Å². The predicted molar refractivity (Wildman–Crippen MR) is 68.0 cm³/mol. The molecular weight excluding hydrogens is 246 g/mol. The molecule has 1 rings (SSSR count). The van der Waals surface area contributed by atoms with Crippen LogP contribution in [0.4, 0.5) is 0 Å². The van der Waals surface area contributed by atoms with Gasteiger partial charge in [-0.15, -0.1) is 0 Å². The largest absolute Gasteiger partial charge is 0.459 e. The van der Waals surface area contributed by atoms with Crippen LogP contribution in [-0.2, 0) is 4.79 Å². The molecule has 0 fully saturated rings. The molecule has 102 valence electrons. The van der Waals surface area contributed by atoms with Crippen molar-refractivity contribution in [3.05, 3.63) is 24.2 Å². The van der Waals surface area contributed by atoms with Crippen molar-refractivity contribution in [2.75, 3.05) is 6.54 Å². The first-order chi connectivity index (χ1) is 9.04. The van der Waals surface area contributed by atoms with Crippen LogP contribution in [0.25, 0.3) is 0 Å². The Morgan fingerprint density at radius 2 is 2.21 bits per heavy atom. The van der Waals surface area contributed by atoms with Crippen LogP contribution in [0.5, 0.6) is 0 Å². The van der Waals surface area contributed by atoms with Gasteiger partial charge in [0.25, 0.3) is 5.91 Å². The minimum atomic E-state index is -0.675. The van der Waals surface area contributed by atoms with Gasteiger partial charge >= 0.3 is 0 Å². The SMILES string of the molecule is CC(C)C[C@H](NC(=O)c1ccco1)C(=O)NCC#N. The fourth-order valence-electron chi connectivity index (χ4n) is 1.59. The molecule has 2 amide bonds. The van der Waals surface area contributed by atoms with E-state index in [2.05, 4.69) is 10.6 Å². The second-order valence-corrected chi connectivity index (χ2v) is 4.51. The van der Waals surface area contributed by atoms with Gasteiger partial charge in [0, 0.05) is 0 Å². The third-order valence-electron chi connectivity index (χ3n) is 2.42. The zero-order chi connectivity index (χ0) is 14.3. The quantitative estimate of drug-likeness (QED) is 0.750.